The number of carbonyl (C=O) groups excluding carboxylic acids is 2. The molecule has 1 aromatic carbocycles. The molecule has 8 heteroatoms. The number of rotatable bonds is 7. The fourth-order valence-corrected chi connectivity index (χ4v) is 4.06. The number of nitriles is 1. The molecule has 1 amide bonds. The van der Waals surface area contributed by atoms with Gasteiger partial charge in [0.2, 0.25) is 5.91 Å². The molecule has 0 unspecified atom stereocenters. The predicted octanol–water partition coefficient (Wildman–Crippen LogP) is 4.00. The summed E-state index contributed by atoms with van der Waals surface area (Å²) in [6.07, 6.45) is 0.173. The molecule has 1 N–H and O–H groups in total. The molecule has 0 aliphatic carbocycles. The largest absolute Gasteiger partial charge is 0.497 e. The fraction of sp³-hybridized carbons (Fsp3) is 0.278. The number of hydrogen-bond donors (Lipinski definition) is 1. The average molecular weight is 390 g/mol. The first-order valence-electron chi connectivity index (χ1n) is 7.79. The van der Waals surface area contributed by atoms with Crippen LogP contribution in [0.1, 0.15) is 27.7 Å². The van der Waals surface area contributed by atoms with E-state index in [0.29, 0.717) is 20.3 Å². The van der Waals surface area contributed by atoms with Crippen LogP contribution in [0.2, 0.25) is 0 Å². The van der Waals surface area contributed by atoms with Gasteiger partial charge in [-0.3, -0.25) is 4.79 Å². The van der Waals surface area contributed by atoms with Crippen molar-refractivity contribution in [2.24, 2.45) is 0 Å². The summed E-state index contributed by atoms with van der Waals surface area (Å²) in [5.41, 5.74) is 1.47. The summed E-state index contributed by atoms with van der Waals surface area (Å²) in [4.78, 5) is 25.4. The van der Waals surface area contributed by atoms with Crippen molar-refractivity contribution in [3.05, 3.63) is 40.3 Å². The molecule has 0 saturated carbocycles. The molecule has 136 valence electrons. The molecule has 0 spiro atoms. The van der Waals surface area contributed by atoms with Gasteiger partial charge in [0.15, 0.2) is 0 Å². The number of hydrogen-bond acceptors (Lipinski definition) is 7. The van der Waals surface area contributed by atoms with Crippen LogP contribution in [0.25, 0.3) is 0 Å². The number of amides is 1. The Morgan fingerprint density at radius 3 is 2.58 bits per heavy atom. The van der Waals surface area contributed by atoms with Gasteiger partial charge in [-0.2, -0.15) is 5.26 Å². The highest BCUT2D eigenvalue weighted by Gasteiger charge is 2.22. The molecule has 6 nitrogen and oxygen atoms in total. The van der Waals surface area contributed by atoms with Crippen LogP contribution in [0.15, 0.2) is 29.2 Å². The lowest BCUT2D eigenvalue weighted by Crippen LogP contribution is -2.14. The summed E-state index contributed by atoms with van der Waals surface area (Å²) in [6.45, 7) is 3.72. The quantitative estimate of drug-likeness (QED) is 0.437. The lowest BCUT2D eigenvalue weighted by atomic mass is 10.1. The van der Waals surface area contributed by atoms with Crippen LogP contribution in [0, 0.1) is 17.6 Å². The number of thioether (sulfide) groups is 1. The standard InChI is InChI=1S/C18H18N2O4S2/c1-4-24-18(22)16-11(2)15(25-10-19)17(26-16)20-14(21)9-12-5-7-13(23-3)8-6-12/h5-8H,4,9H2,1-3H3,(H,20,21). The third-order valence-corrected chi connectivity index (χ3v) is 5.60. The Kier molecular flexibility index (Phi) is 7.06. The van der Waals surface area contributed by atoms with E-state index in [1.54, 1.807) is 33.1 Å². The van der Waals surface area contributed by atoms with E-state index in [1.807, 2.05) is 17.5 Å². The number of anilines is 1. The van der Waals surface area contributed by atoms with Crippen LogP contribution in [-0.4, -0.2) is 25.6 Å². The minimum atomic E-state index is -0.453. The molecular formula is C18H18N2O4S2. The average Bonchev–Trinajstić information content (AvgIpc) is 2.92. The Bertz CT molecular complexity index is 838. The first-order chi connectivity index (χ1) is 12.5. The minimum Gasteiger partial charge on any atom is -0.497 e. The molecule has 1 heterocycles. The predicted molar refractivity (Wildman–Crippen MR) is 102 cm³/mol. The highest BCUT2D eigenvalue weighted by Crippen LogP contribution is 2.40. The molecule has 0 fully saturated rings. The normalized spacial score (nSPS) is 10.1. The fourth-order valence-electron chi connectivity index (χ4n) is 2.24. The van der Waals surface area contributed by atoms with Crippen molar-refractivity contribution in [1.82, 2.24) is 0 Å². The van der Waals surface area contributed by atoms with Gasteiger partial charge in [0.1, 0.15) is 21.0 Å². The molecular weight excluding hydrogens is 372 g/mol. The number of nitrogens with one attached hydrogen (secondary N) is 1. The second-order valence-corrected chi connectivity index (χ2v) is 7.02. The van der Waals surface area contributed by atoms with Crippen LogP contribution in [-0.2, 0) is 16.0 Å². The highest BCUT2D eigenvalue weighted by atomic mass is 32.2. The van der Waals surface area contributed by atoms with E-state index in [9.17, 15) is 9.59 Å². The van der Waals surface area contributed by atoms with Gasteiger partial charge in [0.05, 0.1) is 25.0 Å². The van der Waals surface area contributed by atoms with Crippen molar-refractivity contribution >= 4 is 40.0 Å². The molecule has 1 aromatic heterocycles. The van der Waals surface area contributed by atoms with Crippen molar-refractivity contribution in [3.8, 4) is 11.2 Å². The minimum absolute atomic E-state index is 0.173. The Hall–Kier alpha value is -2.50. The van der Waals surface area contributed by atoms with E-state index in [0.717, 1.165) is 34.4 Å². The van der Waals surface area contributed by atoms with Gasteiger partial charge in [-0.1, -0.05) is 12.1 Å². The second-order valence-electron chi connectivity index (χ2n) is 5.20. The molecule has 2 rings (SSSR count). The molecule has 0 saturated heterocycles. The third-order valence-electron chi connectivity index (χ3n) is 3.48. The number of ether oxygens (including phenoxy) is 2. The zero-order valence-electron chi connectivity index (χ0n) is 14.6. The lowest BCUT2D eigenvalue weighted by molar-refractivity contribution is -0.115. The van der Waals surface area contributed by atoms with Gasteiger partial charge < -0.3 is 14.8 Å². The van der Waals surface area contributed by atoms with E-state index in [4.69, 9.17) is 14.7 Å². The SMILES string of the molecule is CCOC(=O)c1sc(NC(=O)Cc2ccc(OC)cc2)c(SC#N)c1C. The zero-order chi connectivity index (χ0) is 19.1. The van der Waals surface area contributed by atoms with E-state index in [-0.39, 0.29) is 18.9 Å². The maximum Gasteiger partial charge on any atom is 0.348 e. The van der Waals surface area contributed by atoms with Gasteiger partial charge in [-0.15, -0.1) is 11.3 Å². The Morgan fingerprint density at radius 1 is 1.31 bits per heavy atom. The number of nitrogens with zero attached hydrogens (tertiary/aromatic N) is 1. The van der Waals surface area contributed by atoms with Crippen molar-refractivity contribution in [1.29, 1.82) is 5.26 Å². The number of benzene rings is 1. The van der Waals surface area contributed by atoms with Gasteiger partial charge in [0, 0.05) is 0 Å². The monoisotopic (exact) mass is 390 g/mol. The van der Waals surface area contributed by atoms with E-state index >= 15 is 0 Å². The molecule has 0 bridgehead atoms. The van der Waals surface area contributed by atoms with Crippen LogP contribution in [0.4, 0.5) is 5.00 Å². The molecule has 26 heavy (non-hydrogen) atoms. The maximum atomic E-state index is 12.4. The van der Waals surface area contributed by atoms with E-state index in [1.165, 1.54) is 0 Å². The lowest BCUT2D eigenvalue weighted by Gasteiger charge is -2.06. The summed E-state index contributed by atoms with van der Waals surface area (Å²) in [5.74, 6) is 0.0342. The van der Waals surface area contributed by atoms with Gasteiger partial charge in [-0.25, -0.2) is 4.79 Å². The zero-order valence-corrected chi connectivity index (χ0v) is 16.3. The summed E-state index contributed by atoms with van der Waals surface area (Å²) < 4.78 is 10.1. The summed E-state index contributed by atoms with van der Waals surface area (Å²) in [7, 11) is 1.58. The number of thiophene rings is 1. The summed E-state index contributed by atoms with van der Waals surface area (Å²) >= 11 is 2.04. The Balaban J connectivity index is 2.18. The molecule has 2 aromatic rings. The Morgan fingerprint density at radius 2 is 2.00 bits per heavy atom. The Labute approximate surface area is 160 Å². The van der Waals surface area contributed by atoms with Crippen LogP contribution >= 0.6 is 23.1 Å². The van der Waals surface area contributed by atoms with Crippen LogP contribution in [0.5, 0.6) is 5.75 Å². The highest BCUT2D eigenvalue weighted by molar-refractivity contribution is 8.04. The van der Waals surface area contributed by atoms with Crippen molar-refractivity contribution < 1.29 is 19.1 Å². The second kappa shape index (κ2) is 9.27. The smallest absolute Gasteiger partial charge is 0.348 e. The number of methoxy groups -OCH3 is 1. The van der Waals surface area contributed by atoms with Crippen molar-refractivity contribution in [3.63, 3.8) is 0 Å². The maximum absolute atomic E-state index is 12.4. The van der Waals surface area contributed by atoms with E-state index in [2.05, 4.69) is 5.32 Å². The third kappa shape index (κ3) is 4.77. The topological polar surface area (TPSA) is 88.4 Å². The van der Waals surface area contributed by atoms with Crippen molar-refractivity contribution in [2.75, 3.05) is 19.0 Å². The molecule has 0 atom stereocenters. The van der Waals surface area contributed by atoms with Gasteiger partial charge in [0.25, 0.3) is 0 Å². The molecule has 0 aliphatic rings. The van der Waals surface area contributed by atoms with Crippen molar-refractivity contribution in [2.45, 2.75) is 25.2 Å². The number of thiocyanates is 1. The molecule has 0 aliphatic heterocycles. The van der Waals surface area contributed by atoms with E-state index < -0.39 is 5.97 Å². The van der Waals surface area contributed by atoms with Gasteiger partial charge in [-0.05, 0) is 48.9 Å². The first-order valence-corrected chi connectivity index (χ1v) is 9.42. The number of esters is 1. The number of carbonyl (C=O) groups is 2. The summed E-state index contributed by atoms with van der Waals surface area (Å²) in [5, 5.41) is 14.3. The first kappa shape index (κ1) is 19.8. The molecule has 0 radical (unpaired) electrons. The van der Waals surface area contributed by atoms with Crippen LogP contribution in [0.3, 0.4) is 0 Å². The summed E-state index contributed by atoms with van der Waals surface area (Å²) in [6, 6.07) is 7.20. The van der Waals surface area contributed by atoms with Crippen LogP contribution < -0.4 is 10.1 Å². The van der Waals surface area contributed by atoms with Gasteiger partial charge >= 0.3 is 5.97 Å².